The molecule has 10 nitrogen and oxygen atoms in total. The largest absolute Gasteiger partial charge is 0.494 e. The molecular formula is C84H96N2O8. The van der Waals surface area contributed by atoms with E-state index in [0.717, 1.165) is 106 Å². The normalized spacial score (nSPS) is 11.9. The predicted octanol–water partition coefficient (Wildman–Crippen LogP) is 22.6. The minimum absolute atomic E-state index is 0.00805. The van der Waals surface area contributed by atoms with Crippen LogP contribution in [0, 0.1) is 0 Å². The van der Waals surface area contributed by atoms with Gasteiger partial charge in [0.2, 0.25) is 0 Å². The maximum absolute atomic E-state index is 12.4. The summed E-state index contributed by atoms with van der Waals surface area (Å²) in [7, 11) is 0. The lowest BCUT2D eigenvalue weighted by atomic mass is 9.86. The average Bonchev–Trinajstić information content (AvgIpc) is 0.839. The summed E-state index contributed by atoms with van der Waals surface area (Å²) in [4.78, 5) is 29.4. The van der Waals surface area contributed by atoms with Crippen molar-refractivity contribution in [1.29, 1.82) is 0 Å². The van der Waals surface area contributed by atoms with Crippen molar-refractivity contribution in [1.82, 2.24) is 0 Å². The summed E-state index contributed by atoms with van der Waals surface area (Å²) < 4.78 is 24.0. The van der Waals surface area contributed by atoms with Crippen molar-refractivity contribution in [2.75, 3.05) is 36.2 Å². The van der Waals surface area contributed by atoms with Gasteiger partial charge in [0.15, 0.2) is 0 Å². The van der Waals surface area contributed by atoms with Gasteiger partial charge in [0.25, 0.3) is 0 Å². The molecule has 0 radical (unpaired) electrons. The lowest BCUT2D eigenvalue weighted by Crippen LogP contribution is -2.14. The van der Waals surface area contributed by atoms with Crippen molar-refractivity contribution < 1.29 is 38.7 Å². The molecule has 490 valence electrons. The molecule has 0 bridgehead atoms. The van der Waals surface area contributed by atoms with Crippen LogP contribution in [0.15, 0.2) is 206 Å². The Kier molecular flexibility index (Phi) is 22.5. The van der Waals surface area contributed by atoms with E-state index in [1.165, 1.54) is 34.4 Å². The minimum Gasteiger partial charge on any atom is -0.494 e. The quantitative estimate of drug-likeness (QED) is 0.0459. The highest BCUT2D eigenvalue weighted by molar-refractivity contribution is 5.97. The van der Waals surface area contributed by atoms with E-state index in [0.29, 0.717) is 26.1 Å². The number of anilines is 6. The van der Waals surface area contributed by atoms with Gasteiger partial charge in [0.1, 0.15) is 34.1 Å². The number of hydrogen-bond donors (Lipinski definition) is 2. The van der Waals surface area contributed by atoms with Crippen molar-refractivity contribution in [2.24, 2.45) is 0 Å². The van der Waals surface area contributed by atoms with Crippen LogP contribution in [-0.4, -0.2) is 48.6 Å². The number of benzene rings is 9. The van der Waals surface area contributed by atoms with Gasteiger partial charge in [-0.3, -0.25) is 0 Å². The Hall–Kier alpha value is -9.28. The molecule has 0 aromatic heterocycles. The number of unbranched alkanes of at least 4 members (excludes halogenated alkanes) is 6. The number of aromatic carboxylic acids is 2. The zero-order valence-electron chi connectivity index (χ0n) is 57.4. The summed E-state index contributed by atoms with van der Waals surface area (Å²) in [5.74, 6) is -0.825. The first-order valence-electron chi connectivity index (χ1n) is 33.4. The third kappa shape index (κ3) is 18.5. The van der Waals surface area contributed by atoms with Gasteiger partial charge in [-0.2, -0.15) is 0 Å². The highest BCUT2D eigenvalue weighted by Crippen LogP contribution is 2.41. The van der Waals surface area contributed by atoms with Crippen LogP contribution in [-0.2, 0) is 21.7 Å². The van der Waals surface area contributed by atoms with Gasteiger partial charge in [-0.15, -0.1) is 0 Å². The zero-order valence-corrected chi connectivity index (χ0v) is 57.4. The van der Waals surface area contributed by atoms with Gasteiger partial charge >= 0.3 is 11.9 Å². The SMILES string of the molecule is CC(C)(C)c1ccc(N(c2ccc(-c3ccc(OCCCCCCOc4cc(C(=O)O)c(OCCCCCCOc5ccc(-c6ccc(N(c7ccc(C(C)(C)C)cc7)c7ccc(C(C)(C)C)cc7)cc6)cc5)cc4C(=O)O)cc3)cc2)c2ccc(C(C)(C)C)cc2)cc1. The van der Waals surface area contributed by atoms with Gasteiger partial charge in [0, 0.05) is 34.1 Å². The number of carboxylic acid groups (broad SMARTS) is 2. The molecule has 0 fully saturated rings. The molecule has 0 heterocycles. The Morgan fingerprint density at radius 1 is 0.287 bits per heavy atom. The summed E-state index contributed by atoms with van der Waals surface area (Å²) in [6.45, 7) is 28.5. The molecule has 0 spiro atoms. The molecule has 9 aromatic carbocycles. The van der Waals surface area contributed by atoms with Crippen LogP contribution in [0.5, 0.6) is 23.0 Å². The number of carboxylic acids is 2. The van der Waals surface area contributed by atoms with E-state index in [-0.39, 0.29) is 57.5 Å². The highest BCUT2D eigenvalue weighted by Gasteiger charge is 2.24. The number of hydrogen-bond acceptors (Lipinski definition) is 8. The molecule has 2 N–H and O–H groups in total. The van der Waals surface area contributed by atoms with E-state index in [1.807, 2.05) is 24.3 Å². The van der Waals surface area contributed by atoms with E-state index >= 15 is 0 Å². The van der Waals surface area contributed by atoms with Gasteiger partial charge in [-0.25, -0.2) is 9.59 Å². The van der Waals surface area contributed by atoms with E-state index in [4.69, 9.17) is 18.9 Å². The second-order valence-corrected chi connectivity index (χ2v) is 28.7. The van der Waals surface area contributed by atoms with Gasteiger partial charge < -0.3 is 39.0 Å². The fraction of sp³-hybridized carbons (Fsp3) is 0.333. The molecule has 9 aromatic rings. The summed E-state index contributed by atoms with van der Waals surface area (Å²) in [5.41, 5.74) is 16.1. The fourth-order valence-electron chi connectivity index (χ4n) is 11.4. The monoisotopic (exact) mass is 1260 g/mol. The molecule has 0 aliphatic heterocycles. The number of rotatable bonds is 28. The molecule has 94 heavy (non-hydrogen) atoms. The predicted molar refractivity (Wildman–Crippen MR) is 387 cm³/mol. The fourth-order valence-corrected chi connectivity index (χ4v) is 11.4. The van der Waals surface area contributed by atoms with Crippen LogP contribution < -0.4 is 28.7 Å². The average molecular weight is 1260 g/mol. The standard InChI is InChI=1S/C84H96N2O8/c1-81(2,3)63-29-41-69(42-30-63)85(70-43-31-64(32-44-70)82(4,5)6)67-37-21-59(22-38-67)61-25-49-73(50-26-61)91-53-17-13-15-19-55-93-77-57-76(80(89)90)78(58-75(77)79(87)88)94-56-20-16-14-18-54-92-74-51-27-62(28-52-74)60-23-39-68(40-24-60)86(71-45-33-65(34-46-71)83(7,8)9)72-47-35-66(36-48-72)84(10,11)12/h21-52,57-58H,13-20,53-56H2,1-12H3,(H,87,88)(H,89,90). The molecule has 0 amide bonds. The lowest BCUT2D eigenvalue weighted by Gasteiger charge is -2.28. The molecule has 0 aliphatic carbocycles. The van der Waals surface area contributed by atoms with E-state index in [1.54, 1.807) is 0 Å². The first-order valence-corrected chi connectivity index (χ1v) is 33.4. The Morgan fingerprint density at radius 2 is 0.489 bits per heavy atom. The van der Waals surface area contributed by atoms with Crippen molar-refractivity contribution in [2.45, 2.75) is 156 Å². The Morgan fingerprint density at radius 3 is 0.702 bits per heavy atom. The molecule has 0 atom stereocenters. The van der Waals surface area contributed by atoms with Crippen molar-refractivity contribution in [3.63, 3.8) is 0 Å². The van der Waals surface area contributed by atoms with Crippen LogP contribution in [0.4, 0.5) is 34.1 Å². The van der Waals surface area contributed by atoms with Crippen molar-refractivity contribution in [3.8, 4) is 45.3 Å². The van der Waals surface area contributed by atoms with E-state index in [2.05, 4.69) is 263 Å². The summed E-state index contributed by atoms with van der Waals surface area (Å²) in [6, 6.07) is 71.9. The molecule has 9 rings (SSSR count). The molecular weight excluding hydrogens is 1160 g/mol. The zero-order chi connectivity index (χ0) is 67.2. The first-order chi connectivity index (χ1) is 44.8. The van der Waals surface area contributed by atoms with E-state index in [9.17, 15) is 19.8 Å². The van der Waals surface area contributed by atoms with Crippen molar-refractivity contribution in [3.05, 3.63) is 240 Å². The summed E-state index contributed by atoms with van der Waals surface area (Å²) >= 11 is 0. The number of carbonyl (C=O) groups is 2. The van der Waals surface area contributed by atoms with Gasteiger partial charge in [0.05, 0.1) is 26.4 Å². The highest BCUT2D eigenvalue weighted by atomic mass is 16.5. The first kappa shape index (κ1) is 69.1. The summed E-state index contributed by atoms with van der Waals surface area (Å²) in [6.07, 6.45) is 6.40. The molecule has 0 saturated heterocycles. The second kappa shape index (κ2) is 30.6. The topological polar surface area (TPSA) is 118 Å². The van der Waals surface area contributed by atoms with E-state index < -0.39 is 11.9 Å². The van der Waals surface area contributed by atoms with Crippen LogP contribution in [0.2, 0.25) is 0 Å². The minimum atomic E-state index is -1.22. The van der Waals surface area contributed by atoms with Crippen molar-refractivity contribution >= 4 is 46.1 Å². The maximum Gasteiger partial charge on any atom is 0.339 e. The number of ether oxygens (including phenoxy) is 4. The Labute approximate surface area is 559 Å². The third-order valence-electron chi connectivity index (χ3n) is 17.3. The second-order valence-electron chi connectivity index (χ2n) is 28.7. The Bertz CT molecular complexity index is 3510. The molecule has 0 aliphatic rings. The van der Waals surface area contributed by atoms with Gasteiger partial charge in [-0.05, 0) is 227 Å². The van der Waals surface area contributed by atoms with Crippen LogP contribution in [0.1, 0.15) is 177 Å². The van der Waals surface area contributed by atoms with Crippen LogP contribution in [0.3, 0.4) is 0 Å². The smallest absolute Gasteiger partial charge is 0.339 e. The lowest BCUT2D eigenvalue weighted by molar-refractivity contribution is 0.0672. The van der Waals surface area contributed by atoms with Crippen LogP contribution in [0.25, 0.3) is 22.3 Å². The molecule has 10 heteroatoms. The maximum atomic E-state index is 12.4. The van der Waals surface area contributed by atoms with Crippen LogP contribution >= 0.6 is 0 Å². The Balaban J connectivity index is 0.677. The van der Waals surface area contributed by atoms with Gasteiger partial charge in [-0.1, -0.05) is 180 Å². The molecule has 0 saturated carbocycles. The third-order valence-corrected chi connectivity index (χ3v) is 17.3. The summed E-state index contributed by atoms with van der Waals surface area (Å²) in [5, 5.41) is 20.2. The number of nitrogens with zero attached hydrogens (tertiary/aromatic N) is 2. The molecule has 0 unspecified atom stereocenters.